The van der Waals surface area contributed by atoms with Crippen molar-refractivity contribution in [1.29, 1.82) is 0 Å². The van der Waals surface area contributed by atoms with Gasteiger partial charge in [-0.1, -0.05) is 39.0 Å². The molecule has 0 bridgehead atoms. The Bertz CT molecular complexity index is 708. The van der Waals surface area contributed by atoms with Crippen molar-refractivity contribution in [2.45, 2.75) is 52.5 Å². The van der Waals surface area contributed by atoms with E-state index >= 15 is 0 Å². The van der Waals surface area contributed by atoms with Gasteiger partial charge in [-0.05, 0) is 42.4 Å². The van der Waals surface area contributed by atoms with Gasteiger partial charge in [0.1, 0.15) is 0 Å². The van der Waals surface area contributed by atoms with Gasteiger partial charge in [-0.3, -0.25) is 9.78 Å². The zero-order valence-corrected chi connectivity index (χ0v) is 14.4. The number of aromatic nitrogens is 1. The summed E-state index contributed by atoms with van der Waals surface area (Å²) in [5, 5.41) is 1.10. The number of hydrogen-bond acceptors (Lipinski definition) is 2. The zero-order valence-electron chi connectivity index (χ0n) is 14.4. The molecule has 1 saturated heterocycles. The van der Waals surface area contributed by atoms with Crippen molar-refractivity contribution < 1.29 is 4.79 Å². The summed E-state index contributed by atoms with van der Waals surface area (Å²) in [6.07, 6.45) is 5.64. The Hall–Kier alpha value is -1.90. The molecular formula is C20H26N2O. The number of carbonyl (C=O) groups excluding carboxylic acids is 1. The molecule has 1 aliphatic heterocycles. The van der Waals surface area contributed by atoms with Crippen LogP contribution >= 0.6 is 0 Å². The van der Waals surface area contributed by atoms with E-state index in [4.69, 9.17) is 0 Å². The van der Waals surface area contributed by atoms with E-state index < -0.39 is 0 Å². The fraction of sp³-hybridized carbons (Fsp3) is 0.500. The second-order valence-electron chi connectivity index (χ2n) is 7.30. The summed E-state index contributed by atoms with van der Waals surface area (Å²) in [5.41, 5.74) is 2.18. The van der Waals surface area contributed by atoms with Gasteiger partial charge in [-0.15, -0.1) is 0 Å². The topological polar surface area (TPSA) is 33.2 Å². The average Bonchev–Trinajstić information content (AvgIpc) is 3.05. The lowest BCUT2D eigenvalue weighted by Crippen LogP contribution is -2.44. The summed E-state index contributed by atoms with van der Waals surface area (Å²) in [6, 6.07) is 10.5. The van der Waals surface area contributed by atoms with E-state index in [0.29, 0.717) is 12.5 Å². The first-order valence-electron chi connectivity index (χ1n) is 8.64. The normalized spacial score (nSPS) is 18.6. The summed E-state index contributed by atoms with van der Waals surface area (Å²) in [6.45, 7) is 7.67. The third-order valence-corrected chi connectivity index (χ3v) is 5.39. The first kappa shape index (κ1) is 16.0. The number of pyridine rings is 1. The molecule has 0 spiro atoms. The molecule has 2 heterocycles. The maximum absolute atomic E-state index is 12.8. The highest BCUT2D eigenvalue weighted by molar-refractivity contribution is 5.83. The molecule has 3 nitrogen and oxygen atoms in total. The molecule has 0 saturated carbocycles. The third kappa shape index (κ3) is 3.24. The number of amides is 1. The van der Waals surface area contributed by atoms with Gasteiger partial charge in [0.2, 0.25) is 5.91 Å². The summed E-state index contributed by atoms with van der Waals surface area (Å²) in [4.78, 5) is 19.4. The molecule has 1 aliphatic rings. The number of carbonyl (C=O) groups is 1. The van der Waals surface area contributed by atoms with E-state index in [9.17, 15) is 4.79 Å². The molecule has 3 rings (SSSR count). The molecule has 0 radical (unpaired) electrons. The number of fused-ring (bicyclic) bond motifs is 1. The molecule has 1 aromatic heterocycles. The Morgan fingerprint density at radius 1 is 1.35 bits per heavy atom. The molecule has 3 heteroatoms. The van der Waals surface area contributed by atoms with Gasteiger partial charge in [0.25, 0.3) is 0 Å². The summed E-state index contributed by atoms with van der Waals surface area (Å²) in [5.74, 6) is 0.242. The fourth-order valence-electron chi connectivity index (χ4n) is 3.60. The lowest BCUT2D eigenvalue weighted by molar-refractivity contribution is -0.133. The Balaban J connectivity index is 1.77. The molecule has 1 unspecified atom stereocenters. The minimum absolute atomic E-state index is 0.188. The van der Waals surface area contributed by atoms with Crippen molar-refractivity contribution in [3.05, 3.63) is 42.1 Å². The van der Waals surface area contributed by atoms with Crippen molar-refractivity contribution in [1.82, 2.24) is 9.88 Å². The van der Waals surface area contributed by atoms with Crippen molar-refractivity contribution in [2.24, 2.45) is 5.41 Å². The third-order valence-electron chi connectivity index (χ3n) is 5.39. The van der Waals surface area contributed by atoms with Crippen molar-refractivity contribution in [3.8, 4) is 0 Å². The predicted molar refractivity (Wildman–Crippen MR) is 94.3 cm³/mol. The Kier molecular flexibility index (Phi) is 4.38. The Morgan fingerprint density at radius 3 is 2.91 bits per heavy atom. The highest BCUT2D eigenvalue weighted by Crippen LogP contribution is 2.36. The summed E-state index contributed by atoms with van der Waals surface area (Å²) < 4.78 is 0. The van der Waals surface area contributed by atoms with Crippen LogP contribution in [-0.4, -0.2) is 28.4 Å². The van der Waals surface area contributed by atoms with Crippen LogP contribution < -0.4 is 0 Å². The van der Waals surface area contributed by atoms with Crippen LogP contribution in [0.2, 0.25) is 0 Å². The molecule has 1 amide bonds. The highest BCUT2D eigenvalue weighted by atomic mass is 16.2. The van der Waals surface area contributed by atoms with E-state index in [2.05, 4.69) is 42.8 Å². The monoisotopic (exact) mass is 310 g/mol. The number of rotatable bonds is 4. The van der Waals surface area contributed by atoms with Crippen molar-refractivity contribution >= 4 is 16.8 Å². The standard InChI is InChI=1S/C20H26N2O/c1-4-20(2,3)18-10-7-11-22(18)19(23)13-15-12-16-8-5-6-9-17(16)21-14-15/h5-6,8-9,12,14,18H,4,7,10-11,13H2,1-3H3. The summed E-state index contributed by atoms with van der Waals surface area (Å²) >= 11 is 0. The van der Waals surface area contributed by atoms with Crippen LogP contribution in [0.25, 0.3) is 10.9 Å². The minimum Gasteiger partial charge on any atom is -0.339 e. The molecule has 23 heavy (non-hydrogen) atoms. The largest absolute Gasteiger partial charge is 0.339 e. The van der Waals surface area contributed by atoms with E-state index in [-0.39, 0.29) is 11.3 Å². The first-order valence-corrected chi connectivity index (χ1v) is 8.64. The smallest absolute Gasteiger partial charge is 0.227 e. The fourth-order valence-corrected chi connectivity index (χ4v) is 3.60. The van der Waals surface area contributed by atoms with Gasteiger partial charge >= 0.3 is 0 Å². The number of hydrogen-bond donors (Lipinski definition) is 0. The number of benzene rings is 1. The van der Waals surface area contributed by atoms with Crippen LogP contribution in [0.4, 0.5) is 0 Å². The van der Waals surface area contributed by atoms with Gasteiger partial charge in [-0.2, -0.15) is 0 Å². The van der Waals surface area contributed by atoms with Gasteiger partial charge in [0.05, 0.1) is 11.9 Å². The van der Waals surface area contributed by atoms with Crippen molar-refractivity contribution in [2.75, 3.05) is 6.54 Å². The lowest BCUT2D eigenvalue weighted by atomic mass is 9.80. The van der Waals surface area contributed by atoms with Gasteiger partial charge in [0, 0.05) is 24.2 Å². The first-order chi connectivity index (χ1) is 11.0. The van der Waals surface area contributed by atoms with E-state index in [1.807, 2.05) is 24.4 Å². The molecule has 0 aliphatic carbocycles. The second kappa shape index (κ2) is 6.31. The van der Waals surface area contributed by atoms with Crippen LogP contribution in [0.15, 0.2) is 36.5 Å². The summed E-state index contributed by atoms with van der Waals surface area (Å²) in [7, 11) is 0. The molecule has 1 aromatic carbocycles. The Labute approximate surface area is 138 Å². The lowest BCUT2D eigenvalue weighted by Gasteiger charge is -2.37. The number of para-hydroxylation sites is 1. The van der Waals surface area contributed by atoms with Gasteiger partial charge < -0.3 is 4.90 Å². The van der Waals surface area contributed by atoms with Crippen LogP contribution in [-0.2, 0) is 11.2 Å². The molecule has 2 aromatic rings. The molecule has 0 N–H and O–H groups in total. The van der Waals surface area contributed by atoms with E-state index in [1.54, 1.807) is 0 Å². The number of likely N-dealkylation sites (tertiary alicyclic amines) is 1. The van der Waals surface area contributed by atoms with Gasteiger partial charge in [0.15, 0.2) is 0 Å². The highest BCUT2D eigenvalue weighted by Gasteiger charge is 2.38. The SMILES string of the molecule is CCC(C)(C)C1CCCN1C(=O)Cc1cnc2ccccc2c1. The number of nitrogens with zero attached hydrogens (tertiary/aromatic N) is 2. The van der Waals surface area contributed by atoms with Gasteiger partial charge in [-0.25, -0.2) is 0 Å². The second-order valence-corrected chi connectivity index (χ2v) is 7.30. The quantitative estimate of drug-likeness (QED) is 0.847. The van der Waals surface area contributed by atoms with Crippen LogP contribution in [0, 0.1) is 5.41 Å². The Morgan fingerprint density at radius 2 is 2.13 bits per heavy atom. The van der Waals surface area contributed by atoms with E-state index in [0.717, 1.165) is 42.3 Å². The maximum atomic E-state index is 12.8. The molecule has 1 atom stereocenters. The molecule has 122 valence electrons. The predicted octanol–water partition coefficient (Wildman–Crippen LogP) is 4.20. The van der Waals surface area contributed by atoms with Crippen LogP contribution in [0.1, 0.15) is 45.6 Å². The molecule has 1 fully saturated rings. The van der Waals surface area contributed by atoms with E-state index in [1.165, 1.54) is 0 Å². The van der Waals surface area contributed by atoms with Crippen LogP contribution in [0.3, 0.4) is 0 Å². The van der Waals surface area contributed by atoms with Crippen molar-refractivity contribution in [3.63, 3.8) is 0 Å². The molecular weight excluding hydrogens is 284 g/mol. The van der Waals surface area contributed by atoms with Crippen LogP contribution in [0.5, 0.6) is 0 Å². The minimum atomic E-state index is 0.188. The zero-order chi connectivity index (χ0) is 16.4. The maximum Gasteiger partial charge on any atom is 0.227 e. The average molecular weight is 310 g/mol.